The highest BCUT2D eigenvalue weighted by Crippen LogP contribution is 2.20. The third-order valence-corrected chi connectivity index (χ3v) is 6.85. The average Bonchev–Trinajstić information content (AvgIpc) is 2.87. The molecule has 1 aliphatic heterocycles. The maximum atomic E-state index is 12.3. The molecule has 1 aliphatic rings. The number of benzene rings is 3. The van der Waals surface area contributed by atoms with Crippen molar-refractivity contribution in [3.8, 4) is 5.75 Å². The Hall–Kier alpha value is -3.00. The minimum absolute atomic E-state index is 0.112. The summed E-state index contributed by atoms with van der Waals surface area (Å²) in [5, 5.41) is 13.8. The van der Waals surface area contributed by atoms with Gasteiger partial charge in [-0.3, -0.25) is 4.79 Å². The zero-order valence-electron chi connectivity index (χ0n) is 19.1. The summed E-state index contributed by atoms with van der Waals surface area (Å²) in [7, 11) is 0. The Morgan fingerprint density at radius 1 is 0.971 bits per heavy atom. The van der Waals surface area contributed by atoms with E-state index in [1.165, 1.54) is 22.2 Å². The SMILES string of the molecule is O=C(CC[NH+]1CC[NH+](C(c2ccccc2)c2ccccc2)CC1)N/N=C/c1cc(Br)ccc1O. The Morgan fingerprint density at radius 3 is 2.21 bits per heavy atom. The van der Waals surface area contributed by atoms with E-state index < -0.39 is 0 Å². The molecule has 6 nitrogen and oxygen atoms in total. The lowest BCUT2D eigenvalue weighted by molar-refractivity contribution is -1.02. The van der Waals surface area contributed by atoms with E-state index in [1.54, 1.807) is 23.1 Å². The van der Waals surface area contributed by atoms with Gasteiger partial charge in [-0.15, -0.1) is 0 Å². The molecular weight excluding hydrogens is 492 g/mol. The van der Waals surface area contributed by atoms with Gasteiger partial charge >= 0.3 is 0 Å². The number of rotatable bonds is 8. The van der Waals surface area contributed by atoms with E-state index >= 15 is 0 Å². The molecule has 0 aromatic heterocycles. The van der Waals surface area contributed by atoms with Crippen molar-refractivity contribution in [1.29, 1.82) is 0 Å². The first-order valence-corrected chi connectivity index (χ1v) is 12.5. The number of hydrogen-bond donors (Lipinski definition) is 4. The van der Waals surface area contributed by atoms with Crippen molar-refractivity contribution in [2.45, 2.75) is 12.5 Å². The van der Waals surface area contributed by atoms with Crippen molar-refractivity contribution < 1.29 is 19.7 Å². The molecule has 3 aromatic rings. The number of aromatic hydroxyl groups is 1. The minimum atomic E-state index is -0.112. The van der Waals surface area contributed by atoms with Gasteiger partial charge in [0, 0.05) is 21.2 Å². The van der Waals surface area contributed by atoms with Crippen LogP contribution in [0, 0.1) is 0 Å². The fourth-order valence-electron chi connectivity index (χ4n) is 4.57. The third kappa shape index (κ3) is 6.53. The summed E-state index contributed by atoms with van der Waals surface area (Å²) >= 11 is 3.36. The van der Waals surface area contributed by atoms with E-state index in [0.717, 1.165) is 37.2 Å². The minimum Gasteiger partial charge on any atom is -0.507 e. The van der Waals surface area contributed by atoms with E-state index in [9.17, 15) is 9.90 Å². The molecule has 0 bridgehead atoms. The normalized spacial score (nSPS) is 18.3. The monoisotopic (exact) mass is 522 g/mol. The van der Waals surface area contributed by atoms with Gasteiger partial charge in [-0.25, -0.2) is 5.43 Å². The predicted molar refractivity (Wildman–Crippen MR) is 137 cm³/mol. The first-order chi connectivity index (χ1) is 16.6. The standard InChI is InChI=1S/C27H29BrN4O2/c28-24-11-12-25(33)23(19-24)20-29-30-26(34)13-14-31-15-17-32(18-16-31)27(21-7-3-1-4-8-21)22-9-5-2-6-10-22/h1-12,19-20,27,33H,13-18H2,(H,30,34)/p+2/b29-20+. The fourth-order valence-corrected chi connectivity index (χ4v) is 4.95. The Kier molecular flexibility index (Phi) is 8.46. The second-order valence-corrected chi connectivity index (χ2v) is 9.57. The number of hydrogen-bond acceptors (Lipinski definition) is 3. The van der Waals surface area contributed by atoms with Gasteiger partial charge in [-0.05, 0) is 18.2 Å². The van der Waals surface area contributed by atoms with Crippen LogP contribution in [-0.4, -0.2) is 50.0 Å². The van der Waals surface area contributed by atoms with Gasteiger partial charge in [0.15, 0.2) is 0 Å². The first-order valence-electron chi connectivity index (χ1n) is 11.7. The van der Waals surface area contributed by atoms with Gasteiger partial charge in [0.2, 0.25) is 5.91 Å². The van der Waals surface area contributed by atoms with Crippen LogP contribution in [0.25, 0.3) is 0 Å². The van der Waals surface area contributed by atoms with Crippen molar-refractivity contribution in [3.05, 3.63) is 100 Å². The molecule has 0 atom stereocenters. The quantitative estimate of drug-likeness (QED) is 0.268. The van der Waals surface area contributed by atoms with E-state index in [4.69, 9.17) is 0 Å². The van der Waals surface area contributed by atoms with E-state index in [-0.39, 0.29) is 11.7 Å². The second kappa shape index (κ2) is 11.9. The van der Waals surface area contributed by atoms with Crippen molar-refractivity contribution in [1.82, 2.24) is 5.43 Å². The van der Waals surface area contributed by atoms with Crippen LogP contribution in [0.2, 0.25) is 0 Å². The van der Waals surface area contributed by atoms with Gasteiger partial charge in [0.05, 0.1) is 19.2 Å². The van der Waals surface area contributed by atoms with Crippen molar-refractivity contribution in [3.63, 3.8) is 0 Å². The summed E-state index contributed by atoms with van der Waals surface area (Å²) in [5.41, 5.74) is 5.82. The first kappa shape index (κ1) is 24.1. The molecule has 0 aliphatic carbocycles. The number of quaternary nitrogens is 2. The number of carbonyl (C=O) groups excluding carboxylic acids is 1. The lowest BCUT2D eigenvalue weighted by Crippen LogP contribution is -3.28. The van der Waals surface area contributed by atoms with Crippen molar-refractivity contribution >= 4 is 28.1 Å². The lowest BCUT2D eigenvalue weighted by Gasteiger charge is -2.35. The summed E-state index contributed by atoms with van der Waals surface area (Å²) in [6.45, 7) is 4.98. The number of carbonyl (C=O) groups is 1. The number of amides is 1. The summed E-state index contributed by atoms with van der Waals surface area (Å²) in [4.78, 5) is 15.3. The molecule has 7 heteroatoms. The van der Waals surface area contributed by atoms with Gasteiger partial charge in [-0.2, -0.15) is 5.10 Å². The molecule has 0 unspecified atom stereocenters. The number of phenols is 1. The van der Waals surface area contributed by atoms with Crippen molar-refractivity contribution in [2.24, 2.45) is 5.10 Å². The summed E-state index contributed by atoms with van der Waals surface area (Å²) < 4.78 is 0.838. The summed E-state index contributed by atoms with van der Waals surface area (Å²) in [6, 6.07) is 26.9. The van der Waals surface area contributed by atoms with Crippen molar-refractivity contribution in [2.75, 3.05) is 32.7 Å². The van der Waals surface area contributed by atoms with Crippen LogP contribution < -0.4 is 15.2 Å². The smallest absolute Gasteiger partial charge is 0.245 e. The molecule has 176 valence electrons. The molecule has 0 spiro atoms. The number of phenolic OH excluding ortho intramolecular Hbond substituents is 1. The van der Waals surface area contributed by atoms with E-state index in [2.05, 4.69) is 87.1 Å². The molecule has 1 saturated heterocycles. The topological polar surface area (TPSA) is 70.6 Å². The number of nitrogens with zero attached hydrogens (tertiary/aromatic N) is 1. The molecule has 3 aromatic carbocycles. The van der Waals surface area contributed by atoms with Gasteiger partial charge in [0.1, 0.15) is 38.0 Å². The highest BCUT2D eigenvalue weighted by molar-refractivity contribution is 9.10. The van der Waals surface area contributed by atoms with E-state index in [0.29, 0.717) is 18.0 Å². The highest BCUT2D eigenvalue weighted by atomic mass is 79.9. The van der Waals surface area contributed by atoms with E-state index in [1.807, 2.05) is 0 Å². The van der Waals surface area contributed by atoms with Crippen LogP contribution in [0.3, 0.4) is 0 Å². The fraction of sp³-hybridized carbons (Fsp3) is 0.259. The average molecular weight is 523 g/mol. The number of hydrazone groups is 1. The van der Waals surface area contributed by atoms with Crippen LogP contribution in [-0.2, 0) is 4.79 Å². The van der Waals surface area contributed by atoms with Gasteiger partial charge in [0.25, 0.3) is 0 Å². The molecule has 34 heavy (non-hydrogen) atoms. The Bertz CT molecular complexity index is 1060. The van der Waals surface area contributed by atoms with Gasteiger partial charge < -0.3 is 14.9 Å². The molecule has 4 rings (SSSR count). The molecule has 1 fully saturated rings. The lowest BCUT2D eigenvalue weighted by atomic mass is 9.96. The predicted octanol–water partition coefficient (Wildman–Crippen LogP) is 1.57. The number of halogens is 1. The maximum Gasteiger partial charge on any atom is 0.245 e. The maximum absolute atomic E-state index is 12.3. The molecule has 1 amide bonds. The van der Waals surface area contributed by atoms with Crippen LogP contribution in [0.4, 0.5) is 0 Å². The summed E-state index contributed by atoms with van der Waals surface area (Å²) in [5.74, 6) is 0.00906. The largest absolute Gasteiger partial charge is 0.507 e. The third-order valence-electron chi connectivity index (χ3n) is 6.36. The molecular formula is C27H31BrN4O2+2. The Morgan fingerprint density at radius 2 is 1.59 bits per heavy atom. The zero-order chi connectivity index (χ0) is 23.8. The Balaban J connectivity index is 1.27. The van der Waals surface area contributed by atoms with Crippen LogP contribution in [0.1, 0.15) is 29.2 Å². The Labute approximate surface area is 209 Å². The summed E-state index contributed by atoms with van der Waals surface area (Å²) in [6.07, 6.45) is 1.88. The molecule has 1 heterocycles. The zero-order valence-corrected chi connectivity index (χ0v) is 20.7. The molecule has 0 radical (unpaired) electrons. The van der Waals surface area contributed by atoms with Crippen LogP contribution in [0.5, 0.6) is 5.75 Å². The second-order valence-electron chi connectivity index (χ2n) is 8.66. The number of piperazine rings is 1. The van der Waals surface area contributed by atoms with Crippen LogP contribution in [0.15, 0.2) is 88.4 Å². The van der Waals surface area contributed by atoms with Crippen LogP contribution >= 0.6 is 15.9 Å². The molecule has 0 saturated carbocycles. The highest BCUT2D eigenvalue weighted by Gasteiger charge is 2.31. The number of nitrogens with one attached hydrogen (secondary N) is 3. The molecule has 4 N–H and O–H groups in total. The van der Waals surface area contributed by atoms with Gasteiger partial charge in [-0.1, -0.05) is 76.6 Å².